The molecule has 3 heterocycles. The molecule has 1 aliphatic rings. The van der Waals surface area contributed by atoms with Crippen LogP contribution >= 0.6 is 11.3 Å². The van der Waals surface area contributed by atoms with Gasteiger partial charge in [-0.25, -0.2) is 4.98 Å². The van der Waals surface area contributed by atoms with Crippen LogP contribution in [0, 0.1) is 6.92 Å². The maximum atomic E-state index is 12.9. The lowest BCUT2D eigenvalue weighted by molar-refractivity contribution is 0.0739. The van der Waals surface area contributed by atoms with Crippen LogP contribution in [0.15, 0.2) is 24.3 Å². The summed E-state index contributed by atoms with van der Waals surface area (Å²) in [5.74, 6) is 0.150. The fraction of sp³-hybridized carbons (Fsp3) is 0.368. The number of thiazole rings is 1. The molecular formula is C19H21N5O3S. The minimum atomic E-state index is -0.154. The number of anilines is 1. The molecule has 0 spiro atoms. The first-order chi connectivity index (χ1) is 13.6. The van der Waals surface area contributed by atoms with Gasteiger partial charge in [-0.2, -0.15) is 9.97 Å². The van der Waals surface area contributed by atoms with Crippen molar-refractivity contribution in [3.63, 3.8) is 0 Å². The van der Waals surface area contributed by atoms with Crippen LogP contribution in [0.1, 0.15) is 16.1 Å². The Kier molecular flexibility index (Phi) is 4.99. The number of hydrogen-bond donors (Lipinski definition) is 0. The highest BCUT2D eigenvalue weighted by molar-refractivity contribution is 7.22. The van der Waals surface area contributed by atoms with Gasteiger partial charge in [0.05, 0.1) is 24.4 Å². The molecule has 9 heteroatoms. The van der Waals surface area contributed by atoms with Crippen LogP contribution in [-0.2, 0) is 0 Å². The van der Waals surface area contributed by atoms with Gasteiger partial charge in [0, 0.05) is 32.2 Å². The second-order valence-electron chi connectivity index (χ2n) is 6.53. The third kappa shape index (κ3) is 3.57. The number of piperazine rings is 1. The van der Waals surface area contributed by atoms with Crippen molar-refractivity contribution in [3.05, 3.63) is 35.5 Å². The van der Waals surface area contributed by atoms with E-state index < -0.39 is 0 Å². The molecule has 1 saturated heterocycles. The number of aryl methyl sites for hydroxylation is 1. The van der Waals surface area contributed by atoms with Gasteiger partial charge < -0.3 is 19.3 Å². The van der Waals surface area contributed by atoms with Crippen LogP contribution in [-0.4, -0.2) is 66.2 Å². The summed E-state index contributed by atoms with van der Waals surface area (Å²) in [5.41, 5.74) is 2.52. The molecule has 1 aliphatic heterocycles. The predicted molar refractivity (Wildman–Crippen MR) is 108 cm³/mol. The quantitative estimate of drug-likeness (QED) is 0.666. The zero-order valence-corrected chi connectivity index (χ0v) is 16.8. The number of carbonyl (C=O) groups is 1. The van der Waals surface area contributed by atoms with Gasteiger partial charge in [-0.15, -0.1) is 0 Å². The number of hydrogen-bond acceptors (Lipinski definition) is 8. The molecule has 28 heavy (non-hydrogen) atoms. The summed E-state index contributed by atoms with van der Waals surface area (Å²) in [4.78, 5) is 29.8. The largest absolute Gasteiger partial charge is 0.481 e. The molecular weight excluding hydrogens is 378 g/mol. The molecule has 0 atom stereocenters. The average molecular weight is 399 g/mol. The lowest BCUT2D eigenvalue weighted by Crippen LogP contribution is -2.49. The highest BCUT2D eigenvalue weighted by atomic mass is 32.1. The molecule has 1 aromatic carbocycles. The van der Waals surface area contributed by atoms with Gasteiger partial charge in [0.15, 0.2) is 5.13 Å². The smallest absolute Gasteiger partial charge is 0.320 e. The lowest BCUT2D eigenvalue weighted by atomic mass is 10.2. The molecule has 1 fully saturated rings. The number of benzene rings is 1. The van der Waals surface area contributed by atoms with Crippen LogP contribution in [0.4, 0.5) is 5.13 Å². The van der Waals surface area contributed by atoms with Gasteiger partial charge in [0.25, 0.3) is 5.91 Å². The van der Waals surface area contributed by atoms with E-state index in [0.29, 0.717) is 19.0 Å². The third-order valence-electron chi connectivity index (χ3n) is 4.66. The fourth-order valence-electron chi connectivity index (χ4n) is 3.13. The Morgan fingerprint density at radius 1 is 1.04 bits per heavy atom. The molecule has 0 bridgehead atoms. The average Bonchev–Trinajstić information content (AvgIpc) is 3.16. The standard InChI is InChI=1S/C19H21N5O3S/c1-12-4-5-13-15(10-12)28-19(21-13)24-8-6-23(7-9-24)17(25)14-11-16(26-2)22-18(20-14)27-3/h4-5,10-11H,6-9H2,1-3H3. The van der Waals surface area contributed by atoms with E-state index in [4.69, 9.17) is 14.5 Å². The first-order valence-corrected chi connectivity index (χ1v) is 9.77. The first kappa shape index (κ1) is 18.4. The van der Waals surface area contributed by atoms with Gasteiger partial charge in [-0.1, -0.05) is 17.4 Å². The Labute approximate surface area is 166 Å². The van der Waals surface area contributed by atoms with E-state index in [1.54, 1.807) is 16.2 Å². The summed E-state index contributed by atoms with van der Waals surface area (Å²) >= 11 is 1.69. The van der Waals surface area contributed by atoms with Crippen molar-refractivity contribution in [1.82, 2.24) is 19.9 Å². The number of ether oxygens (including phenoxy) is 2. The van der Waals surface area contributed by atoms with Gasteiger partial charge in [-0.3, -0.25) is 4.79 Å². The molecule has 1 amide bonds. The maximum Gasteiger partial charge on any atom is 0.320 e. The van der Waals surface area contributed by atoms with Crippen molar-refractivity contribution >= 4 is 32.6 Å². The monoisotopic (exact) mass is 399 g/mol. The van der Waals surface area contributed by atoms with Crippen LogP contribution in [0.5, 0.6) is 11.9 Å². The molecule has 8 nitrogen and oxygen atoms in total. The molecule has 0 N–H and O–H groups in total. The second-order valence-corrected chi connectivity index (χ2v) is 7.54. The highest BCUT2D eigenvalue weighted by Gasteiger charge is 2.25. The van der Waals surface area contributed by atoms with Gasteiger partial charge in [0.2, 0.25) is 5.88 Å². The Morgan fingerprint density at radius 2 is 1.82 bits per heavy atom. The van der Waals surface area contributed by atoms with E-state index >= 15 is 0 Å². The molecule has 0 aliphatic carbocycles. The normalized spacial score (nSPS) is 14.4. The number of methoxy groups -OCH3 is 2. The maximum absolute atomic E-state index is 12.9. The number of carbonyl (C=O) groups excluding carboxylic acids is 1. The van der Waals surface area contributed by atoms with E-state index in [9.17, 15) is 4.79 Å². The van der Waals surface area contributed by atoms with Crippen molar-refractivity contribution < 1.29 is 14.3 Å². The molecule has 3 aromatic rings. The molecule has 0 saturated carbocycles. The summed E-state index contributed by atoms with van der Waals surface area (Å²) in [6.07, 6.45) is 0. The zero-order chi connectivity index (χ0) is 19.7. The highest BCUT2D eigenvalue weighted by Crippen LogP contribution is 2.30. The summed E-state index contributed by atoms with van der Waals surface area (Å²) in [7, 11) is 2.95. The third-order valence-corrected chi connectivity index (χ3v) is 5.74. The van der Waals surface area contributed by atoms with Crippen LogP contribution in [0.3, 0.4) is 0 Å². The fourth-order valence-corrected chi connectivity index (χ4v) is 4.24. The SMILES string of the molecule is COc1cc(C(=O)N2CCN(c3nc4ccc(C)cc4s3)CC2)nc(OC)n1. The Hall–Kier alpha value is -2.94. The summed E-state index contributed by atoms with van der Waals surface area (Å²) in [6.45, 7) is 4.74. The van der Waals surface area contributed by atoms with E-state index in [0.717, 1.165) is 23.7 Å². The minimum Gasteiger partial charge on any atom is -0.481 e. The number of nitrogens with zero attached hydrogens (tertiary/aromatic N) is 5. The van der Waals surface area contributed by atoms with Crippen LogP contribution in [0.25, 0.3) is 10.2 Å². The summed E-state index contributed by atoms with van der Waals surface area (Å²) in [6, 6.07) is 7.94. The Balaban J connectivity index is 1.46. The van der Waals surface area contributed by atoms with E-state index in [2.05, 4.69) is 40.0 Å². The van der Waals surface area contributed by atoms with Crippen molar-refractivity contribution in [3.8, 4) is 11.9 Å². The Morgan fingerprint density at radius 3 is 2.54 bits per heavy atom. The van der Waals surface area contributed by atoms with Crippen molar-refractivity contribution in [2.24, 2.45) is 0 Å². The topological polar surface area (TPSA) is 80.7 Å². The van der Waals surface area contributed by atoms with E-state index in [1.807, 2.05) is 0 Å². The molecule has 146 valence electrons. The van der Waals surface area contributed by atoms with Gasteiger partial charge >= 0.3 is 6.01 Å². The molecule has 4 rings (SSSR count). The lowest BCUT2D eigenvalue weighted by Gasteiger charge is -2.34. The van der Waals surface area contributed by atoms with Crippen LogP contribution in [0.2, 0.25) is 0 Å². The number of amides is 1. The molecule has 0 unspecified atom stereocenters. The Bertz CT molecular complexity index is 992. The number of rotatable bonds is 4. The van der Waals surface area contributed by atoms with E-state index in [1.165, 1.54) is 30.5 Å². The van der Waals surface area contributed by atoms with Gasteiger partial charge in [0.1, 0.15) is 5.69 Å². The zero-order valence-electron chi connectivity index (χ0n) is 16.0. The number of aromatic nitrogens is 3. The summed E-state index contributed by atoms with van der Waals surface area (Å²) < 4.78 is 11.4. The predicted octanol–water partition coefficient (Wildman–Crippen LogP) is 2.37. The number of fused-ring (bicyclic) bond motifs is 1. The summed E-state index contributed by atoms with van der Waals surface area (Å²) in [5, 5.41) is 0.998. The molecule has 0 radical (unpaired) electrons. The van der Waals surface area contributed by atoms with Crippen LogP contribution < -0.4 is 14.4 Å². The first-order valence-electron chi connectivity index (χ1n) is 8.96. The van der Waals surface area contributed by atoms with Crippen molar-refractivity contribution in [1.29, 1.82) is 0 Å². The second kappa shape index (κ2) is 7.59. The van der Waals surface area contributed by atoms with Gasteiger partial charge in [-0.05, 0) is 24.6 Å². The van der Waals surface area contributed by atoms with Crippen molar-refractivity contribution in [2.75, 3.05) is 45.3 Å². The molecule has 2 aromatic heterocycles. The van der Waals surface area contributed by atoms with Crippen molar-refractivity contribution in [2.45, 2.75) is 6.92 Å². The minimum absolute atomic E-state index is 0.117. The van der Waals surface area contributed by atoms with E-state index in [-0.39, 0.29) is 17.6 Å².